The smallest absolute Gasteiger partial charge is 0.205 e. The van der Waals surface area contributed by atoms with Crippen LogP contribution in [0.3, 0.4) is 0 Å². The normalized spacial score (nSPS) is 11.8. The molecule has 6 heteroatoms. The number of hydrogen-bond acceptors (Lipinski definition) is 1. The first-order valence-corrected chi connectivity index (χ1v) is 4.29. The number of benzene rings is 1. The molecular formula is C7H3ClF4S. The van der Waals surface area contributed by atoms with E-state index in [0.717, 1.165) is 18.2 Å². The second-order valence-electron chi connectivity index (χ2n) is 2.12. The van der Waals surface area contributed by atoms with Gasteiger partial charge in [-0.3, -0.25) is 0 Å². The van der Waals surface area contributed by atoms with Gasteiger partial charge in [0.25, 0.3) is 0 Å². The molecule has 0 saturated carbocycles. The highest BCUT2D eigenvalue weighted by molar-refractivity contribution is 8.00. The molecule has 1 aromatic carbocycles. The monoisotopic (exact) mass is 230 g/mol. The van der Waals surface area contributed by atoms with E-state index in [1.165, 1.54) is 0 Å². The van der Waals surface area contributed by atoms with E-state index in [1.54, 1.807) is 0 Å². The van der Waals surface area contributed by atoms with Crippen LogP contribution in [0.1, 0.15) is 0 Å². The van der Waals surface area contributed by atoms with Crippen LogP contribution in [0.15, 0.2) is 23.1 Å². The highest BCUT2D eigenvalue weighted by atomic mass is 35.5. The third kappa shape index (κ3) is 3.44. The molecule has 0 aliphatic carbocycles. The van der Waals surface area contributed by atoms with Crippen molar-refractivity contribution in [3.8, 4) is 0 Å². The van der Waals surface area contributed by atoms with Crippen molar-refractivity contribution in [1.82, 2.24) is 0 Å². The van der Waals surface area contributed by atoms with Crippen molar-refractivity contribution in [2.24, 2.45) is 0 Å². The minimum absolute atomic E-state index is 0.188. The Morgan fingerprint density at radius 2 is 1.85 bits per heavy atom. The van der Waals surface area contributed by atoms with Crippen LogP contribution in [0.25, 0.3) is 0 Å². The average Bonchev–Trinajstić information content (AvgIpc) is 1.94. The third-order valence-corrected chi connectivity index (χ3v) is 2.15. The van der Waals surface area contributed by atoms with E-state index >= 15 is 0 Å². The van der Waals surface area contributed by atoms with Crippen LogP contribution < -0.4 is 0 Å². The zero-order chi connectivity index (χ0) is 10.1. The van der Waals surface area contributed by atoms with Crippen LogP contribution in [-0.4, -0.2) is 5.51 Å². The number of hydrogen-bond donors (Lipinski definition) is 0. The zero-order valence-corrected chi connectivity index (χ0v) is 7.60. The summed E-state index contributed by atoms with van der Waals surface area (Å²) in [4.78, 5) is -0.214. The molecular weight excluding hydrogens is 228 g/mol. The standard InChI is InChI=1S/C7H3ClF4S/c8-5-2-1-4(3-6(5)9)13-7(10,11)12/h1-3H. The summed E-state index contributed by atoms with van der Waals surface area (Å²) in [7, 11) is 0. The maximum atomic E-state index is 12.6. The van der Waals surface area contributed by atoms with Gasteiger partial charge in [-0.2, -0.15) is 13.2 Å². The Hall–Kier alpha value is -0.420. The van der Waals surface area contributed by atoms with Gasteiger partial charge in [0, 0.05) is 4.90 Å². The maximum absolute atomic E-state index is 12.6. The Kier molecular flexibility index (Phi) is 3.08. The van der Waals surface area contributed by atoms with E-state index in [1.807, 2.05) is 0 Å². The maximum Gasteiger partial charge on any atom is 0.446 e. The quantitative estimate of drug-likeness (QED) is 0.517. The van der Waals surface area contributed by atoms with Crippen molar-refractivity contribution in [2.45, 2.75) is 10.4 Å². The van der Waals surface area contributed by atoms with Gasteiger partial charge >= 0.3 is 5.51 Å². The van der Waals surface area contributed by atoms with Crippen molar-refractivity contribution in [3.63, 3.8) is 0 Å². The Morgan fingerprint density at radius 3 is 2.31 bits per heavy atom. The molecule has 0 saturated heterocycles. The van der Waals surface area contributed by atoms with E-state index < -0.39 is 11.3 Å². The first-order valence-electron chi connectivity index (χ1n) is 3.09. The summed E-state index contributed by atoms with van der Waals surface area (Å²) < 4.78 is 48.0. The van der Waals surface area contributed by atoms with E-state index in [-0.39, 0.29) is 21.7 Å². The molecule has 0 bridgehead atoms. The third-order valence-electron chi connectivity index (χ3n) is 1.12. The van der Waals surface area contributed by atoms with E-state index in [0.29, 0.717) is 0 Å². The molecule has 0 spiro atoms. The van der Waals surface area contributed by atoms with Gasteiger partial charge < -0.3 is 0 Å². The summed E-state index contributed by atoms with van der Waals surface area (Å²) in [6.07, 6.45) is 0. The number of alkyl halides is 3. The zero-order valence-electron chi connectivity index (χ0n) is 6.03. The number of halogens is 5. The van der Waals surface area contributed by atoms with Gasteiger partial charge in [0.15, 0.2) is 0 Å². The van der Waals surface area contributed by atoms with E-state index in [4.69, 9.17) is 11.6 Å². The van der Waals surface area contributed by atoms with Gasteiger partial charge in [-0.1, -0.05) is 11.6 Å². The molecule has 0 aromatic heterocycles. The Balaban J connectivity index is 2.86. The predicted octanol–water partition coefficient (Wildman–Crippen LogP) is 4.09. The molecule has 0 aliphatic rings. The summed E-state index contributed by atoms with van der Waals surface area (Å²) in [5.41, 5.74) is -4.40. The number of thioether (sulfide) groups is 1. The lowest BCUT2D eigenvalue weighted by Crippen LogP contribution is -1.99. The van der Waals surface area contributed by atoms with Crippen LogP contribution in [0.2, 0.25) is 5.02 Å². The van der Waals surface area contributed by atoms with Crippen LogP contribution in [0, 0.1) is 5.82 Å². The number of rotatable bonds is 1. The first-order chi connectivity index (χ1) is 5.88. The fourth-order valence-electron chi connectivity index (χ4n) is 0.674. The van der Waals surface area contributed by atoms with Gasteiger partial charge in [-0.05, 0) is 30.0 Å². The van der Waals surface area contributed by atoms with Gasteiger partial charge in [0.1, 0.15) is 5.82 Å². The summed E-state index contributed by atoms with van der Waals surface area (Å²) in [5.74, 6) is -0.851. The summed E-state index contributed by atoms with van der Waals surface area (Å²) in [6, 6.07) is 2.95. The van der Waals surface area contributed by atoms with Gasteiger partial charge in [0.2, 0.25) is 0 Å². The Bertz CT molecular complexity index is 310. The van der Waals surface area contributed by atoms with Crippen LogP contribution in [0.5, 0.6) is 0 Å². The molecule has 0 nitrogen and oxygen atoms in total. The van der Waals surface area contributed by atoms with Crippen LogP contribution >= 0.6 is 23.4 Å². The lowest BCUT2D eigenvalue weighted by Gasteiger charge is -2.05. The molecule has 0 amide bonds. The predicted molar refractivity (Wildman–Crippen MR) is 43.3 cm³/mol. The summed E-state index contributed by atoms with van der Waals surface area (Å²) >= 11 is 4.91. The second-order valence-corrected chi connectivity index (χ2v) is 3.67. The average molecular weight is 231 g/mol. The van der Waals surface area contributed by atoms with E-state index in [2.05, 4.69) is 0 Å². The molecule has 1 rings (SSSR count). The van der Waals surface area contributed by atoms with Crippen LogP contribution in [0.4, 0.5) is 17.6 Å². The summed E-state index contributed by atoms with van der Waals surface area (Å²) in [6.45, 7) is 0. The largest absolute Gasteiger partial charge is 0.446 e. The van der Waals surface area contributed by atoms with Crippen molar-refractivity contribution in [2.75, 3.05) is 0 Å². The molecule has 72 valence electrons. The Labute approximate surface area is 80.9 Å². The Morgan fingerprint density at radius 1 is 1.23 bits per heavy atom. The molecule has 0 N–H and O–H groups in total. The molecule has 0 unspecified atom stereocenters. The lowest BCUT2D eigenvalue weighted by atomic mass is 10.3. The van der Waals surface area contributed by atoms with Crippen molar-refractivity contribution < 1.29 is 17.6 Å². The fraction of sp³-hybridized carbons (Fsp3) is 0.143. The highest BCUT2D eigenvalue weighted by Crippen LogP contribution is 2.37. The van der Waals surface area contributed by atoms with Crippen molar-refractivity contribution in [1.29, 1.82) is 0 Å². The van der Waals surface area contributed by atoms with E-state index in [9.17, 15) is 17.6 Å². The lowest BCUT2D eigenvalue weighted by molar-refractivity contribution is -0.0328. The first kappa shape index (κ1) is 10.7. The topological polar surface area (TPSA) is 0 Å². The molecule has 0 fully saturated rings. The summed E-state index contributed by atoms with van der Waals surface area (Å²) in [5, 5.41) is -0.188. The minimum Gasteiger partial charge on any atom is -0.205 e. The fourth-order valence-corrected chi connectivity index (χ4v) is 1.36. The minimum atomic E-state index is -4.40. The SMILES string of the molecule is Fc1cc(SC(F)(F)F)ccc1Cl. The molecule has 0 atom stereocenters. The van der Waals surface area contributed by atoms with Gasteiger partial charge in [-0.25, -0.2) is 4.39 Å². The molecule has 0 radical (unpaired) electrons. The van der Waals surface area contributed by atoms with Crippen molar-refractivity contribution in [3.05, 3.63) is 29.0 Å². The molecule has 1 aromatic rings. The van der Waals surface area contributed by atoms with Crippen molar-refractivity contribution >= 4 is 23.4 Å². The highest BCUT2D eigenvalue weighted by Gasteiger charge is 2.29. The second kappa shape index (κ2) is 3.75. The van der Waals surface area contributed by atoms with Gasteiger partial charge in [-0.15, -0.1) is 0 Å². The molecule has 0 heterocycles. The molecule has 0 aliphatic heterocycles. The molecule has 13 heavy (non-hydrogen) atoms. The van der Waals surface area contributed by atoms with Gasteiger partial charge in [0.05, 0.1) is 5.02 Å². The van der Waals surface area contributed by atoms with Crippen LogP contribution in [-0.2, 0) is 0 Å².